The van der Waals surface area contributed by atoms with Gasteiger partial charge in [0.25, 0.3) is 0 Å². The fourth-order valence-electron chi connectivity index (χ4n) is 1.77. The molecule has 0 spiro atoms. The van der Waals surface area contributed by atoms with Gasteiger partial charge in [0, 0.05) is 25.5 Å². The second-order valence-electron chi connectivity index (χ2n) is 4.01. The summed E-state index contributed by atoms with van der Waals surface area (Å²) in [6, 6.07) is 3.93. The fourth-order valence-corrected chi connectivity index (χ4v) is 3.28. The van der Waals surface area contributed by atoms with Crippen molar-refractivity contribution < 1.29 is 4.74 Å². The molecule has 2 rings (SSSR count). The van der Waals surface area contributed by atoms with E-state index in [4.69, 9.17) is 10.5 Å². The van der Waals surface area contributed by atoms with Crippen LogP contribution in [0.5, 0.6) is 5.75 Å². The normalized spacial score (nSPS) is 10.7. The van der Waals surface area contributed by atoms with Gasteiger partial charge in [-0.25, -0.2) is 4.98 Å². The summed E-state index contributed by atoms with van der Waals surface area (Å²) in [5.74, 6) is 1.67. The van der Waals surface area contributed by atoms with Crippen LogP contribution in [-0.2, 0) is 19.7 Å². The highest BCUT2D eigenvalue weighted by molar-refractivity contribution is 9.11. The summed E-state index contributed by atoms with van der Waals surface area (Å²) in [6.45, 7) is 3.89. The number of benzene rings is 1. The van der Waals surface area contributed by atoms with Crippen molar-refractivity contribution in [3.05, 3.63) is 44.9 Å². The third-order valence-electron chi connectivity index (χ3n) is 2.78. The number of aryl methyl sites for hydroxylation is 1. The number of nitrogens with two attached hydrogens (primary N) is 1. The minimum atomic E-state index is 0.431. The predicted molar refractivity (Wildman–Crippen MR) is 82.0 cm³/mol. The molecule has 102 valence electrons. The zero-order chi connectivity index (χ0) is 13.8. The Hall–Kier alpha value is -0.850. The number of imidazole rings is 1. The molecule has 0 aliphatic rings. The van der Waals surface area contributed by atoms with Gasteiger partial charge in [0.05, 0.1) is 8.95 Å². The second-order valence-corrected chi connectivity index (χ2v) is 5.72. The van der Waals surface area contributed by atoms with Crippen LogP contribution in [0.4, 0.5) is 0 Å². The summed E-state index contributed by atoms with van der Waals surface area (Å²) in [5, 5.41) is 0. The lowest BCUT2D eigenvalue weighted by Crippen LogP contribution is -2.06. The van der Waals surface area contributed by atoms with E-state index in [1.54, 1.807) is 6.20 Å². The molecule has 2 aromatic rings. The quantitative estimate of drug-likeness (QED) is 0.853. The topological polar surface area (TPSA) is 53.1 Å². The highest BCUT2D eigenvalue weighted by atomic mass is 79.9. The van der Waals surface area contributed by atoms with E-state index in [1.807, 2.05) is 18.3 Å². The Balaban J connectivity index is 2.16. The van der Waals surface area contributed by atoms with Crippen molar-refractivity contribution in [3.8, 4) is 5.75 Å². The van der Waals surface area contributed by atoms with E-state index in [9.17, 15) is 0 Å². The lowest BCUT2D eigenvalue weighted by atomic mass is 10.2. The minimum Gasteiger partial charge on any atom is -0.483 e. The Bertz CT molecular complexity index is 546. The Morgan fingerprint density at radius 2 is 2.00 bits per heavy atom. The van der Waals surface area contributed by atoms with Crippen LogP contribution in [0.2, 0.25) is 0 Å². The highest BCUT2D eigenvalue weighted by Gasteiger charge is 2.10. The van der Waals surface area contributed by atoms with Crippen LogP contribution >= 0.6 is 31.9 Å². The minimum absolute atomic E-state index is 0.431. The molecule has 0 amide bonds. The van der Waals surface area contributed by atoms with E-state index in [2.05, 4.69) is 48.3 Å². The highest BCUT2D eigenvalue weighted by Crippen LogP contribution is 2.35. The Morgan fingerprint density at radius 3 is 2.58 bits per heavy atom. The van der Waals surface area contributed by atoms with Gasteiger partial charge in [0.1, 0.15) is 18.2 Å². The van der Waals surface area contributed by atoms with Crippen molar-refractivity contribution in [1.29, 1.82) is 0 Å². The zero-order valence-corrected chi connectivity index (χ0v) is 13.7. The van der Waals surface area contributed by atoms with Gasteiger partial charge in [0.2, 0.25) is 0 Å². The average molecular weight is 389 g/mol. The molecule has 0 bridgehead atoms. The molecule has 1 heterocycles. The van der Waals surface area contributed by atoms with Gasteiger partial charge >= 0.3 is 0 Å². The van der Waals surface area contributed by atoms with Crippen LogP contribution in [0.3, 0.4) is 0 Å². The zero-order valence-electron chi connectivity index (χ0n) is 10.6. The monoisotopic (exact) mass is 387 g/mol. The smallest absolute Gasteiger partial charge is 0.148 e. The summed E-state index contributed by atoms with van der Waals surface area (Å²) in [6.07, 6.45) is 3.73. The van der Waals surface area contributed by atoms with Gasteiger partial charge in [0.15, 0.2) is 0 Å². The van der Waals surface area contributed by atoms with E-state index in [-0.39, 0.29) is 0 Å². The number of ether oxygens (including phenoxy) is 1. The maximum absolute atomic E-state index is 5.84. The molecule has 1 aromatic heterocycles. The molecule has 0 saturated carbocycles. The number of hydrogen-bond donors (Lipinski definition) is 1. The molecular weight excluding hydrogens is 374 g/mol. The standard InChI is InChI=1S/C13H15Br2N3O/c1-2-18-4-3-17-12(18)8-19-13-10(14)5-9(7-16)6-11(13)15/h3-6H,2,7-8,16H2,1H3. The molecule has 19 heavy (non-hydrogen) atoms. The number of halogens is 2. The van der Waals surface area contributed by atoms with E-state index in [0.29, 0.717) is 13.2 Å². The molecule has 0 radical (unpaired) electrons. The molecule has 0 aliphatic heterocycles. The van der Waals surface area contributed by atoms with E-state index in [1.165, 1.54) is 0 Å². The Labute approximate surface area is 129 Å². The molecule has 4 nitrogen and oxygen atoms in total. The summed E-state index contributed by atoms with van der Waals surface area (Å²) in [4.78, 5) is 4.28. The lowest BCUT2D eigenvalue weighted by Gasteiger charge is -2.12. The first-order valence-corrected chi connectivity index (χ1v) is 7.55. The molecule has 2 N–H and O–H groups in total. The third kappa shape index (κ3) is 3.38. The molecule has 0 saturated heterocycles. The van der Waals surface area contributed by atoms with E-state index in [0.717, 1.165) is 32.6 Å². The van der Waals surface area contributed by atoms with E-state index >= 15 is 0 Å². The van der Waals surface area contributed by atoms with Crippen LogP contribution in [0.1, 0.15) is 18.3 Å². The van der Waals surface area contributed by atoms with Gasteiger partial charge in [-0.05, 0) is 56.5 Å². The Morgan fingerprint density at radius 1 is 1.32 bits per heavy atom. The van der Waals surface area contributed by atoms with Crippen LogP contribution in [0.15, 0.2) is 33.5 Å². The third-order valence-corrected chi connectivity index (χ3v) is 3.96. The van der Waals surface area contributed by atoms with Gasteiger partial charge in [-0.15, -0.1) is 0 Å². The van der Waals surface area contributed by atoms with E-state index < -0.39 is 0 Å². The van der Waals surface area contributed by atoms with Crippen LogP contribution in [0, 0.1) is 0 Å². The molecule has 6 heteroatoms. The molecule has 0 unspecified atom stereocenters. The largest absolute Gasteiger partial charge is 0.483 e. The first-order valence-electron chi connectivity index (χ1n) is 5.96. The number of hydrogen-bond acceptors (Lipinski definition) is 3. The SMILES string of the molecule is CCn1ccnc1COc1c(Br)cc(CN)cc1Br. The number of aromatic nitrogens is 2. The summed E-state index contributed by atoms with van der Waals surface area (Å²) >= 11 is 7.00. The van der Waals surface area contributed by atoms with Crippen molar-refractivity contribution >= 4 is 31.9 Å². The number of nitrogens with zero attached hydrogens (tertiary/aromatic N) is 2. The van der Waals surface area contributed by atoms with Crippen molar-refractivity contribution in [2.45, 2.75) is 26.6 Å². The van der Waals surface area contributed by atoms with Crippen molar-refractivity contribution in [1.82, 2.24) is 9.55 Å². The van der Waals surface area contributed by atoms with Crippen LogP contribution in [0.25, 0.3) is 0 Å². The second kappa shape index (κ2) is 6.54. The lowest BCUT2D eigenvalue weighted by molar-refractivity contribution is 0.286. The molecular formula is C13H15Br2N3O. The summed E-state index contributed by atoms with van der Waals surface area (Å²) < 4.78 is 9.66. The van der Waals surface area contributed by atoms with Crippen molar-refractivity contribution in [2.75, 3.05) is 0 Å². The van der Waals surface area contributed by atoms with Gasteiger partial charge in [-0.2, -0.15) is 0 Å². The maximum Gasteiger partial charge on any atom is 0.148 e. The summed E-state index contributed by atoms with van der Waals surface area (Å²) in [5.41, 5.74) is 6.67. The van der Waals surface area contributed by atoms with Crippen molar-refractivity contribution in [3.63, 3.8) is 0 Å². The molecule has 0 aliphatic carbocycles. The van der Waals surface area contributed by atoms with Crippen molar-refractivity contribution in [2.24, 2.45) is 5.73 Å². The van der Waals surface area contributed by atoms with Gasteiger partial charge < -0.3 is 15.0 Å². The molecule has 0 atom stereocenters. The first kappa shape index (κ1) is 14.6. The van der Waals surface area contributed by atoms with Crippen LogP contribution < -0.4 is 10.5 Å². The fraction of sp³-hybridized carbons (Fsp3) is 0.308. The first-order chi connectivity index (χ1) is 9.15. The molecule has 1 aromatic carbocycles. The van der Waals surface area contributed by atoms with Crippen LogP contribution in [-0.4, -0.2) is 9.55 Å². The summed E-state index contributed by atoms with van der Waals surface area (Å²) in [7, 11) is 0. The van der Waals surface area contributed by atoms with Gasteiger partial charge in [-0.3, -0.25) is 0 Å². The van der Waals surface area contributed by atoms with Gasteiger partial charge in [-0.1, -0.05) is 0 Å². The molecule has 0 fully saturated rings. The number of rotatable bonds is 5. The average Bonchev–Trinajstić information content (AvgIpc) is 2.85. The predicted octanol–water partition coefficient (Wildman–Crippen LogP) is 3.47. The maximum atomic E-state index is 5.84. The Kier molecular flexibility index (Phi) is 5.01.